The van der Waals surface area contributed by atoms with Gasteiger partial charge in [0.25, 0.3) is 5.91 Å². The van der Waals surface area contributed by atoms with E-state index < -0.39 is 29.5 Å². The third kappa shape index (κ3) is 5.38. The average Bonchev–Trinajstić information content (AvgIpc) is 2.78. The molecule has 1 aliphatic heterocycles. The maximum absolute atomic E-state index is 13.3. The minimum Gasteiger partial charge on any atom is -0.369 e. The van der Waals surface area contributed by atoms with Gasteiger partial charge in [0.1, 0.15) is 0 Å². The zero-order valence-electron chi connectivity index (χ0n) is 17.9. The number of unbranched alkanes of at least 4 members (excludes halogenated alkanes) is 1. The first-order valence-electron chi connectivity index (χ1n) is 10.7. The number of hydrogen-bond acceptors (Lipinski definition) is 4. The van der Waals surface area contributed by atoms with Crippen molar-refractivity contribution in [3.8, 4) is 0 Å². The van der Waals surface area contributed by atoms with Crippen molar-refractivity contribution < 1.29 is 22.8 Å². The molecule has 2 N–H and O–H groups in total. The Morgan fingerprint density at radius 3 is 2.34 bits per heavy atom. The molecule has 0 spiro atoms. The number of carbonyl (C=O) groups is 2. The zero-order valence-corrected chi connectivity index (χ0v) is 17.9. The molecule has 9 heteroatoms. The number of aromatic nitrogens is 1. The van der Waals surface area contributed by atoms with E-state index in [1.807, 2.05) is 17.9 Å². The molecule has 0 bridgehead atoms. The molecule has 1 saturated heterocycles. The van der Waals surface area contributed by atoms with Gasteiger partial charge in [0.05, 0.1) is 34.6 Å². The lowest BCUT2D eigenvalue weighted by molar-refractivity contribution is -0.138. The van der Waals surface area contributed by atoms with Crippen molar-refractivity contribution in [1.82, 2.24) is 9.88 Å². The molecule has 0 radical (unpaired) electrons. The second-order valence-corrected chi connectivity index (χ2v) is 7.86. The molecular formula is C23H27F3N4O2. The third-order valence-corrected chi connectivity index (χ3v) is 5.71. The third-order valence-electron chi connectivity index (χ3n) is 5.71. The van der Waals surface area contributed by atoms with Crippen LogP contribution in [0.4, 0.5) is 18.9 Å². The van der Waals surface area contributed by atoms with Crippen LogP contribution in [0.5, 0.6) is 0 Å². The smallest absolute Gasteiger partial charge is 0.369 e. The molecule has 1 aromatic carbocycles. The van der Waals surface area contributed by atoms with Gasteiger partial charge in [-0.3, -0.25) is 14.6 Å². The van der Waals surface area contributed by atoms with Crippen LogP contribution in [0.1, 0.15) is 53.7 Å². The van der Waals surface area contributed by atoms with Gasteiger partial charge in [0.15, 0.2) is 0 Å². The molecule has 172 valence electrons. The van der Waals surface area contributed by atoms with Crippen molar-refractivity contribution in [1.29, 1.82) is 0 Å². The first-order chi connectivity index (χ1) is 15.2. The summed E-state index contributed by atoms with van der Waals surface area (Å²) in [7, 11) is 0. The van der Waals surface area contributed by atoms with E-state index in [9.17, 15) is 22.8 Å². The number of amides is 2. The highest BCUT2D eigenvalue weighted by molar-refractivity contribution is 5.96. The molecule has 1 fully saturated rings. The van der Waals surface area contributed by atoms with Crippen molar-refractivity contribution in [2.45, 2.75) is 38.3 Å². The molecule has 3 rings (SSSR count). The Bertz CT molecular complexity index is 939. The topological polar surface area (TPSA) is 79.5 Å². The van der Waals surface area contributed by atoms with E-state index in [1.54, 1.807) is 12.3 Å². The lowest BCUT2D eigenvalue weighted by Crippen LogP contribution is -2.49. The predicted octanol–water partition coefficient (Wildman–Crippen LogP) is 3.82. The quantitative estimate of drug-likeness (QED) is 0.698. The Balaban J connectivity index is 1.65. The molecule has 2 heterocycles. The van der Waals surface area contributed by atoms with E-state index in [2.05, 4.69) is 4.98 Å². The average molecular weight is 448 g/mol. The standard InChI is InChI=1S/C23H27F3N4O2/c1-2-3-6-18(21(27)31)20-10-9-16(15-28-20)29-11-13-30(14-12-29)22(32)17-7-4-5-8-19(17)23(24,25)26/h4-5,7-10,15,18H,2-3,6,11-14H2,1H3,(H2,27,31). The van der Waals surface area contributed by atoms with E-state index in [1.165, 1.54) is 23.1 Å². The fourth-order valence-electron chi connectivity index (χ4n) is 3.89. The van der Waals surface area contributed by atoms with E-state index in [0.717, 1.165) is 24.6 Å². The second kappa shape index (κ2) is 10.0. The zero-order chi connectivity index (χ0) is 23.3. The Hall–Kier alpha value is -3.10. The van der Waals surface area contributed by atoms with Crippen molar-refractivity contribution >= 4 is 17.5 Å². The van der Waals surface area contributed by atoms with Crippen LogP contribution < -0.4 is 10.6 Å². The predicted molar refractivity (Wildman–Crippen MR) is 115 cm³/mol. The molecule has 6 nitrogen and oxygen atoms in total. The lowest BCUT2D eigenvalue weighted by atomic mass is 9.97. The summed E-state index contributed by atoms with van der Waals surface area (Å²) in [6.07, 6.45) is -0.420. The molecule has 2 aromatic rings. The van der Waals surface area contributed by atoms with Gasteiger partial charge in [-0.15, -0.1) is 0 Å². The van der Waals surface area contributed by atoms with Crippen LogP contribution in [0, 0.1) is 0 Å². The maximum atomic E-state index is 13.3. The van der Waals surface area contributed by atoms with Gasteiger partial charge in [-0.25, -0.2) is 0 Å². The highest BCUT2D eigenvalue weighted by Crippen LogP contribution is 2.32. The Labute approximate surface area is 185 Å². The number of nitrogens with zero attached hydrogens (tertiary/aromatic N) is 3. The van der Waals surface area contributed by atoms with Gasteiger partial charge in [0.2, 0.25) is 5.91 Å². The highest BCUT2D eigenvalue weighted by atomic mass is 19.4. The Morgan fingerprint density at radius 1 is 1.09 bits per heavy atom. The summed E-state index contributed by atoms with van der Waals surface area (Å²) in [6, 6.07) is 8.51. The number of nitrogens with two attached hydrogens (primary N) is 1. The first-order valence-corrected chi connectivity index (χ1v) is 10.7. The Kier molecular flexibility index (Phi) is 7.37. The monoisotopic (exact) mass is 448 g/mol. The van der Waals surface area contributed by atoms with Crippen LogP contribution in [0.2, 0.25) is 0 Å². The first kappa shape index (κ1) is 23.6. The molecule has 1 aromatic heterocycles. The van der Waals surface area contributed by atoms with E-state index >= 15 is 0 Å². The van der Waals surface area contributed by atoms with Gasteiger partial charge in [-0.1, -0.05) is 31.9 Å². The fourth-order valence-corrected chi connectivity index (χ4v) is 3.89. The normalized spacial score (nSPS) is 15.5. The number of primary amides is 1. The molecular weight excluding hydrogens is 421 g/mol. The minimum absolute atomic E-state index is 0.299. The van der Waals surface area contributed by atoms with Crippen molar-refractivity contribution in [2.24, 2.45) is 5.73 Å². The number of pyridine rings is 1. The SMILES string of the molecule is CCCCC(C(N)=O)c1ccc(N2CCN(C(=O)c3ccccc3C(F)(F)F)CC2)cn1. The van der Waals surface area contributed by atoms with Crippen LogP contribution in [0.15, 0.2) is 42.6 Å². The molecule has 0 aliphatic carbocycles. The number of rotatable bonds is 7. The van der Waals surface area contributed by atoms with Crippen molar-refractivity contribution in [3.05, 3.63) is 59.4 Å². The summed E-state index contributed by atoms with van der Waals surface area (Å²) >= 11 is 0. The summed E-state index contributed by atoms with van der Waals surface area (Å²) in [6.45, 7) is 3.58. The lowest BCUT2D eigenvalue weighted by Gasteiger charge is -2.36. The molecule has 32 heavy (non-hydrogen) atoms. The summed E-state index contributed by atoms with van der Waals surface area (Å²) < 4.78 is 39.8. The summed E-state index contributed by atoms with van der Waals surface area (Å²) in [5.41, 5.74) is 5.74. The summed E-state index contributed by atoms with van der Waals surface area (Å²) in [5, 5.41) is 0. The molecule has 2 amide bonds. The Morgan fingerprint density at radius 2 is 1.78 bits per heavy atom. The van der Waals surface area contributed by atoms with Crippen molar-refractivity contribution in [2.75, 3.05) is 31.1 Å². The fraction of sp³-hybridized carbons (Fsp3) is 0.435. The molecule has 1 unspecified atom stereocenters. The van der Waals surface area contributed by atoms with Gasteiger partial charge >= 0.3 is 6.18 Å². The van der Waals surface area contributed by atoms with Crippen molar-refractivity contribution in [3.63, 3.8) is 0 Å². The number of anilines is 1. The molecule has 1 aliphatic rings. The van der Waals surface area contributed by atoms with Gasteiger partial charge in [0, 0.05) is 26.2 Å². The van der Waals surface area contributed by atoms with Crippen LogP contribution in [-0.4, -0.2) is 47.9 Å². The molecule has 0 saturated carbocycles. The summed E-state index contributed by atoms with van der Waals surface area (Å²) in [4.78, 5) is 32.4. The number of hydrogen-bond donors (Lipinski definition) is 1. The number of halogens is 3. The van der Waals surface area contributed by atoms with Crippen LogP contribution in [0.25, 0.3) is 0 Å². The number of carbonyl (C=O) groups excluding carboxylic acids is 2. The van der Waals surface area contributed by atoms with Gasteiger partial charge in [-0.2, -0.15) is 13.2 Å². The van der Waals surface area contributed by atoms with Crippen LogP contribution in [0.3, 0.4) is 0 Å². The van der Waals surface area contributed by atoms with E-state index in [0.29, 0.717) is 38.3 Å². The van der Waals surface area contributed by atoms with Crippen LogP contribution >= 0.6 is 0 Å². The largest absolute Gasteiger partial charge is 0.417 e. The number of alkyl halides is 3. The summed E-state index contributed by atoms with van der Waals surface area (Å²) in [5.74, 6) is -1.44. The van der Waals surface area contributed by atoms with Crippen LogP contribution in [-0.2, 0) is 11.0 Å². The van der Waals surface area contributed by atoms with Gasteiger partial charge < -0.3 is 15.5 Å². The maximum Gasteiger partial charge on any atom is 0.417 e. The number of benzene rings is 1. The second-order valence-electron chi connectivity index (χ2n) is 7.86. The number of piperazine rings is 1. The highest BCUT2D eigenvalue weighted by Gasteiger charge is 2.36. The van der Waals surface area contributed by atoms with E-state index in [-0.39, 0.29) is 5.56 Å². The van der Waals surface area contributed by atoms with E-state index in [4.69, 9.17) is 5.73 Å². The minimum atomic E-state index is -4.58. The molecule has 1 atom stereocenters. The van der Waals surface area contributed by atoms with Gasteiger partial charge in [-0.05, 0) is 30.7 Å².